The van der Waals surface area contributed by atoms with Gasteiger partial charge in [-0.25, -0.2) is 4.79 Å². The third kappa shape index (κ3) is 2.36. The van der Waals surface area contributed by atoms with E-state index in [2.05, 4.69) is 15.3 Å². The summed E-state index contributed by atoms with van der Waals surface area (Å²) in [5.41, 5.74) is 7.89. The minimum Gasteiger partial charge on any atom is -0.359 e. The van der Waals surface area contributed by atoms with Gasteiger partial charge in [0.15, 0.2) is 0 Å². The number of benzene rings is 1. The molecule has 5 N–H and O–H groups in total. The Bertz CT molecular complexity index is 599. The maximum absolute atomic E-state index is 11.2. The van der Waals surface area contributed by atoms with Crippen molar-refractivity contribution in [3.8, 4) is 0 Å². The lowest BCUT2D eigenvalue weighted by Gasteiger charge is -2.10. The van der Waals surface area contributed by atoms with Crippen molar-refractivity contribution in [2.24, 2.45) is 5.73 Å². The molecule has 90 valence electrons. The van der Waals surface area contributed by atoms with Crippen molar-refractivity contribution in [3.63, 3.8) is 0 Å². The van der Waals surface area contributed by atoms with E-state index in [1.54, 1.807) is 25.2 Å². The van der Waals surface area contributed by atoms with E-state index in [1.165, 1.54) is 0 Å². The van der Waals surface area contributed by atoms with Crippen molar-refractivity contribution in [3.05, 3.63) is 34.2 Å². The number of hydrogen-bond acceptors (Lipinski definition) is 3. The molecule has 0 fully saturated rings. The molecule has 0 saturated carbocycles. The second-order valence-electron chi connectivity index (χ2n) is 3.87. The Morgan fingerprint density at radius 2 is 2.12 bits per heavy atom. The summed E-state index contributed by atoms with van der Waals surface area (Å²) < 4.78 is 0. The molecule has 1 unspecified atom stereocenters. The molecular formula is C11H14N4O2. The minimum atomic E-state index is -0.377. The minimum absolute atomic E-state index is 0.111. The second-order valence-corrected chi connectivity index (χ2v) is 3.87. The molecule has 1 aromatic heterocycles. The zero-order valence-electron chi connectivity index (χ0n) is 9.41. The van der Waals surface area contributed by atoms with E-state index in [0.717, 1.165) is 11.1 Å². The summed E-state index contributed by atoms with van der Waals surface area (Å²) in [5, 5.41) is 2.52. The van der Waals surface area contributed by atoms with Gasteiger partial charge in [-0.05, 0) is 17.7 Å². The average Bonchev–Trinajstić information content (AvgIpc) is 2.67. The molecular weight excluding hydrogens is 220 g/mol. The van der Waals surface area contributed by atoms with E-state index in [1.807, 2.05) is 0 Å². The van der Waals surface area contributed by atoms with Crippen molar-refractivity contribution in [1.29, 1.82) is 0 Å². The number of carbonyl (C=O) groups excluding carboxylic acids is 1. The highest BCUT2D eigenvalue weighted by Crippen LogP contribution is 2.17. The van der Waals surface area contributed by atoms with Crippen LogP contribution < -0.4 is 16.7 Å². The van der Waals surface area contributed by atoms with Crippen LogP contribution in [-0.2, 0) is 4.79 Å². The monoisotopic (exact) mass is 234 g/mol. The predicted molar refractivity (Wildman–Crippen MR) is 64.5 cm³/mol. The largest absolute Gasteiger partial charge is 0.359 e. The lowest BCUT2D eigenvalue weighted by Crippen LogP contribution is -2.24. The summed E-state index contributed by atoms with van der Waals surface area (Å²) in [6, 6.07) is 4.98. The number of rotatable bonds is 3. The Balaban J connectivity index is 2.29. The molecule has 1 aromatic carbocycles. The number of nitrogens with two attached hydrogens (primary N) is 1. The lowest BCUT2D eigenvalue weighted by molar-refractivity contribution is -0.120. The molecule has 17 heavy (non-hydrogen) atoms. The van der Waals surface area contributed by atoms with Gasteiger partial charge in [-0.15, -0.1) is 0 Å². The van der Waals surface area contributed by atoms with Gasteiger partial charge in [0.2, 0.25) is 5.91 Å². The lowest BCUT2D eigenvalue weighted by atomic mass is 10.0. The number of aromatic amines is 2. The van der Waals surface area contributed by atoms with Crippen LogP contribution in [-0.4, -0.2) is 22.9 Å². The molecule has 0 radical (unpaired) electrons. The van der Waals surface area contributed by atoms with Gasteiger partial charge in [0.25, 0.3) is 0 Å². The number of hydrogen-bond donors (Lipinski definition) is 4. The summed E-state index contributed by atoms with van der Waals surface area (Å²) in [6.45, 7) is 0. The second kappa shape index (κ2) is 4.42. The summed E-state index contributed by atoms with van der Waals surface area (Å²) >= 11 is 0. The zero-order valence-corrected chi connectivity index (χ0v) is 9.41. The molecule has 0 saturated heterocycles. The van der Waals surface area contributed by atoms with Crippen LogP contribution in [0.4, 0.5) is 0 Å². The van der Waals surface area contributed by atoms with E-state index in [4.69, 9.17) is 5.73 Å². The molecule has 0 bridgehead atoms. The van der Waals surface area contributed by atoms with Crippen molar-refractivity contribution in [1.82, 2.24) is 15.3 Å². The Labute approximate surface area is 97.2 Å². The Morgan fingerprint density at radius 1 is 1.41 bits per heavy atom. The van der Waals surface area contributed by atoms with E-state index >= 15 is 0 Å². The summed E-state index contributed by atoms with van der Waals surface area (Å²) in [5.74, 6) is -0.111. The Kier molecular flexibility index (Phi) is 2.97. The number of imidazole rings is 1. The van der Waals surface area contributed by atoms with Crippen LogP contribution in [0.3, 0.4) is 0 Å². The fourth-order valence-electron chi connectivity index (χ4n) is 1.70. The topological polar surface area (TPSA) is 104 Å². The fourth-order valence-corrected chi connectivity index (χ4v) is 1.70. The maximum Gasteiger partial charge on any atom is 0.323 e. The fraction of sp³-hybridized carbons (Fsp3) is 0.273. The Morgan fingerprint density at radius 3 is 2.82 bits per heavy atom. The first-order valence-electron chi connectivity index (χ1n) is 5.28. The highest BCUT2D eigenvalue weighted by atomic mass is 16.1. The van der Waals surface area contributed by atoms with Gasteiger partial charge in [-0.2, -0.15) is 0 Å². The van der Waals surface area contributed by atoms with Crippen LogP contribution in [0.1, 0.15) is 18.0 Å². The van der Waals surface area contributed by atoms with Crippen LogP contribution >= 0.6 is 0 Å². The van der Waals surface area contributed by atoms with Gasteiger partial charge in [0.1, 0.15) is 0 Å². The maximum atomic E-state index is 11.2. The van der Waals surface area contributed by atoms with Gasteiger partial charge in [-0.1, -0.05) is 6.07 Å². The van der Waals surface area contributed by atoms with Crippen molar-refractivity contribution >= 4 is 16.9 Å². The highest BCUT2D eigenvalue weighted by molar-refractivity contribution is 5.78. The standard InChI is InChI=1S/C11H14N4O2/c1-13-10(16)5-7(12)6-2-3-8-9(4-6)15-11(17)14-8/h2-4,7H,5,12H2,1H3,(H,13,16)(H2,14,15,17). The highest BCUT2D eigenvalue weighted by Gasteiger charge is 2.11. The predicted octanol–water partition coefficient (Wildman–Crippen LogP) is -0.00790. The van der Waals surface area contributed by atoms with Crippen molar-refractivity contribution in [2.75, 3.05) is 7.05 Å². The quantitative estimate of drug-likeness (QED) is 0.600. The molecule has 0 aliphatic carbocycles. The van der Waals surface area contributed by atoms with Crippen LogP contribution in [0.15, 0.2) is 23.0 Å². The van der Waals surface area contributed by atoms with Crippen molar-refractivity contribution < 1.29 is 4.79 Å². The average molecular weight is 234 g/mol. The molecule has 1 amide bonds. The van der Waals surface area contributed by atoms with Crippen LogP contribution in [0.25, 0.3) is 11.0 Å². The molecule has 6 heteroatoms. The van der Waals surface area contributed by atoms with E-state index in [9.17, 15) is 9.59 Å². The Hall–Kier alpha value is -2.08. The zero-order chi connectivity index (χ0) is 12.4. The SMILES string of the molecule is CNC(=O)CC(N)c1ccc2[nH]c(=O)[nH]c2c1. The van der Waals surface area contributed by atoms with Crippen LogP contribution in [0.2, 0.25) is 0 Å². The smallest absolute Gasteiger partial charge is 0.323 e. The van der Waals surface area contributed by atoms with Gasteiger partial charge in [-0.3, -0.25) is 4.79 Å². The van der Waals surface area contributed by atoms with Gasteiger partial charge >= 0.3 is 5.69 Å². The van der Waals surface area contributed by atoms with E-state index in [-0.39, 0.29) is 24.1 Å². The van der Waals surface area contributed by atoms with Crippen LogP contribution in [0.5, 0.6) is 0 Å². The first-order chi connectivity index (χ1) is 8.10. The first-order valence-corrected chi connectivity index (χ1v) is 5.28. The van der Waals surface area contributed by atoms with Gasteiger partial charge < -0.3 is 21.0 Å². The number of amides is 1. The molecule has 1 atom stereocenters. The van der Waals surface area contributed by atoms with Gasteiger partial charge in [0, 0.05) is 19.5 Å². The number of fused-ring (bicyclic) bond motifs is 1. The molecule has 1 heterocycles. The molecule has 2 rings (SSSR count). The normalized spacial score (nSPS) is 12.6. The van der Waals surface area contributed by atoms with Crippen molar-refractivity contribution in [2.45, 2.75) is 12.5 Å². The molecule has 0 spiro atoms. The van der Waals surface area contributed by atoms with Gasteiger partial charge in [0.05, 0.1) is 11.0 Å². The number of H-pyrrole nitrogens is 2. The van der Waals surface area contributed by atoms with E-state index < -0.39 is 0 Å². The van der Waals surface area contributed by atoms with Crippen LogP contribution in [0, 0.1) is 0 Å². The summed E-state index contributed by atoms with van der Waals surface area (Å²) in [7, 11) is 1.57. The third-order valence-corrected chi connectivity index (χ3v) is 2.65. The summed E-state index contributed by atoms with van der Waals surface area (Å²) in [6.07, 6.45) is 0.219. The molecule has 6 nitrogen and oxygen atoms in total. The molecule has 0 aliphatic heterocycles. The van der Waals surface area contributed by atoms with E-state index in [0.29, 0.717) is 5.52 Å². The first kappa shape index (κ1) is 11.4. The number of aromatic nitrogens is 2. The number of carbonyl (C=O) groups is 1. The summed E-state index contributed by atoms with van der Waals surface area (Å²) in [4.78, 5) is 27.6. The molecule has 2 aromatic rings. The third-order valence-electron chi connectivity index (χ3n) is 2.65. The number of nitrogens with one attached hydrogen (secondary N) is 3. The molecule has 0 aliphatic rings.